The fourth-order valence-electron chi connectivity index (χ4n) is 0.810. The minimum atomic E-state index is 0.330. The Kier molecular flexibility index (Phi) is 4.57. The smallest absolute Gasteiger partial charge is 0.147 e. The highest BCUT2D eigenvalue weighted by Crippen LogP contribution is 2.20. The molecule has 0 aromatic carbocycles. The fraction of sp³-hybridized carbons (Fsp3) is 0.222. The zero-order valence-corrected chi connectivity index (χ0v) is 9.07. The maximum absolute atomic E-state index is 5.77. The van der Waals surface area contributed by atoms with Gasteiger partial charge in [0.1, 0.15) is 5.15 Å². The van der Waals surface area contributed by atoms with Gasteiger partial charge in [-0.3, -0.25) is 0 Å². The Labute approximate surface area is 92.3 Å². The summed E-state index contributed by atoms with van der Waals surface area (Å²) in [4.78, 5) is 3.91. The highest BCUT2D eigenvalue weighted by atomic mass is 35.5. The van der Waals surface area contributed by atoms with Crippen molar-refractivity contribution in [2.75, 3.05) is 5.88 Å². The van der Waals surface area contributed by atoms with Gasteiger partial charge in [0.05, 0.1) is 5.02 Å². The summed E-state index contributed by atoms with van der Waals surface area (Å²) < 4.78 is 0. The molecule has 0 bridgehead atoms. The summed E-state index contributed by atoms with van der Waals surface area (Å²) in [6.07, 6.45) is 6.38. The highest BCUT2D eigenvalue weighted by Gasteiger charge is 1.97. The van der Waals surface area contributed by atoms with Crippen LogP contribution in [0.25, 0.3) is 6.08 Å². The summed E-state index contributed by atoms with van der Waals surface area (Å²) in [5, 5.41) is 0.797. The molecule has 0 fully saturated rings. The van der Waals surface area contributed by atoms with Crippen LogP contribution in [0.1, 0.15) is 12.0 Å². The Hall–Kier alpha value is -0.240. The van der Waals surface area contributed by atoms with Crippen LogP contribution in [0.15, 0.2) is 18.3 Å². The Morgan fingerprint density at radius 2 is 2.15 bits per heavy atom. The number of hydrogen-bond donors (Lipinski definition) is 0. The van der Waals surface area contributed by atoms with Gasteiger partial charge >= 0.3 is 0 Å². The Morgan fingerprint density at radius 3 is 2.77 bits per heavy atom. The number of rotatable bonds is 3. The highest BCUT2D eigenvalue weighted by molar-refractivity contribution is 6.41. The molecule has 0 radical (unpaired) electrons. The van der Waals surface area contributed by atoms with Crippen molar-refractivity contribution in [2.24, 2.45) is 0 Å². The molecule has 70 valence electrons. The van der Waals surface area contributed by atoms with E-state index in [-0.39, 0.29) is 0 Å². The van der Waals surface area contributed by atoms with E-state index in [9.17, 15) is 0 Å². The molecule has 1 heterocycles. The molecule has 0 spiro atoms. The van der Waals surface area contributed by atoms with Crippen molar-refractivity contribution in [1.29, 1.82) is 0 Å². The van der Waals surface area contributed by atoms with Gasteiger partial charge in [0.25, 0.3) is 0 Å². The number of hydrogen-bond acceptors (Lipinski definition) is 1. The Morgan fingerprint density at radius 1 is 1.38 bits per heavy atom. The first-order chi connectivity index (χ1) is 6.24. The van der Waals surface area contributed by atoms with Crippen molar-refractivity contribution in [3.05, 3.63) is 34.1 Å². The predicted octanol–water partition coefficient (Wildman–Crippen LogP) is 4.03. The van der Waals surface area contributed by atoms with Gasteiger partial charge in [-0.05, 0) is 18.1 Å². The van der Waals surface area contributed by atoms with Gasteiger partial charge in [0.15, 0.2) is 0 Å². The third-order valence-electron chi connectivity index (χ3n) is 1.40. The van der Waals surface area contributed by atoms with Crippen LogP contribution in [0, 0.1) is 0 Å². The van der Waals surface area contributed by atoms with Gasteiger partial charge in [0, 0.05) is 12.1 Å². The number of alkyl halides is 1. The van der Waals surface area contributed by atoms with E-state index in [0.29, 0.717) is 16.1 Å². The van der Waals surface area contributed by atoms with E-state index in [1.807, 2.05) is 12.2 Å². The molecular formula is C9H8Cl3N. The summed E-state index contributed by atoms with van der Waals surface area (Å²) in [5.74, 6) is 0.616. The average Bonchev–Trinajstić information content (AvgIpc) is 2.12. The number of halogens is 3. The SMILES string of the molecule is ClCCC=Cc1cnc(Cl)c(Cl)c1. The average molecular weight is 237 g/mol. The molecule has 4 heteroatoms. The van der Waals surface area contributed by atoms with Crippen LogP contribution in [0.3, 0.4) is 0 Å². The molecule has 1 rings (SSSR count). The molecule has 1 nitrogen and oxygen atoms in total. The van der Waals surface area contributed by atoms with E-state index in [4.69, 9.17) is 34.8 Å². The lowest BCUT2D eigenvalue weighted by Gasteiger charge is -1.95. The van der Waals surface area contributed by atoms with E-state index in [1.165, 1.54) is 0 Å². The van der Waals surface area contributed by atoms with E-state index >= 15 is 0 Å². The third kappa shape index (κ3) is 3.55. The minimum absolute atomic E-state index is 0.330. The maximum atomic E-state index is 5.77. The fourth-order valence-corrected chi connectivity index (χ4v) is 1.21. The molecule has 1 aromatic rings. The second-order valence-electron chi connectivity index (χ2n) is 2.42. The normalized spacial score (nSPS) is 11.0. The lowest BCUT2D eigenvalue weighted by Crippen LogP contribution is -1.79. The Bertz CT molecular complexity index is 310. The van der Waals surface area contributed by atoms with Gasteiger partial charge < -0.3 is 0 Å². The topological polar surface area (TPSA) is 12.9 Å². The second-order valence-corrected chi connectivity index (χ2v) is 3.56. The van der Waals surface area contributed by atoms with Crippen LogP contribution >= 0.6 is 34.8 Å². The van der Waals surface area contributed by atoms with Gasteiger partial charge in [-0.1, -0.05) is 35.4 Å². The first-order valence-electron chi connectivity index (χ1n) is 3.77. The van der Waals surface area contributed by atoms with Crippen LogP contribution in [-0.4, -0.2) is 10.9 Å². The summed E-state index contributed by atoms with van der Waals surface area (Å²) >= 11 is 16.9. The molecule has 0 N–H and O–H groups in total. The standard InChI is InChI=1S/C9H8Cl3N/c10-4-2-1-3-7-5-8(11)9(12)13-6-7/h1,3,5-6H,2,4H2. The van der Waals surface area contributed by atoms with Gasteiger partial charge in [-0.25, -0.2) is 4.98 Å². The number of pyridine rings is 1. The third-order valence-corrected chi connectivity index (χ3v) is 2.31. The molecule has 0 aliphatic carbocycles. The molecule has 0 saturated carbocycles. The summed E-state index contributed by atoms with van der Waals surface area (Å²) in [5.41, 5.74) is 0.930. The first-order valence-corrected chi connectivity index (χ1v) is 5.06. The molecule has 0 unspecified atom stereocenters. The van der Waals surface area contributed by atoms with Gasteiger partial charge in [-0.15, -0.1) is 11.6 Å². The summed E-state index contributed by atoms with van der Waals surface area (Å²) in [6.45, 7) is 0. The van der Waals surface area contributed by atoms with Crippen molar-refractivity contribution in [3.8, 4) is 0 Å². The number of aromatic nitrogens is 1. The molecule has 13 heavy (non-hydrogen) atoms. The molecule has 1 aromatic heterocycles. The molecule has 0 saturated heterocycles. The molecule has 0 atom stereocenters. The number of allylic oxidation sites excluding steroid dienone is 1. The zero-order chi connectivity index (χ0) is 9.68. The van der Waals surface area contributed by atoms with Crippen LogP contribution < -0.4 is 0 Å². The molecule has 0 aliphatic rings. The lowest BCUT2D eigenvalue weighted by molar-refractivity contribution is 1.24. The van der Waals surface area contributed by atoms with Crippen molar-refractivity contribution in [3.63, 3.8) is 0 Å². The quantitative estimate of drug-likeness (QED) is 0.570. The number of nitrogens with zero attached hydrogens (tertiary/aromatic N) is 1. The Balaban J connectivity index is 2.73. The van der Waals surface area contributed by atoms with E-state index in [0.717, 1.165) is 12.0 Å². The van der Waals surface area contributed by atoms with Crippen molar-refractivity contribution >= 4 is 40.9 Å². The van der Waals surface area contributed by atoms with Crippen LogP contribution in [0.5, 0.6) is 0 Å². The summed E-state index contributed by atoms with van der Waals surface area (Å²) in [7, 11) is 0. The lowest BCUT2D eigenvalue weighted by atomic mass is 10.2. The van der Waals surface area contributed by atoms with Crippen molar-refractivity contribution in [2.45, 2.75) is 6.42 Å². The minimum Gasteiger partial charge on any atom is -0.242 e. The van der Waals surface area contributed by atoms with Crippen LogP contribution in [0.4, 0.5) is 0 Å². The largest absolute Gasteiger partial charge is 0.242 e. The molecular weight excluding hydrogens is 228 g/mol. The maximum Gasteiger partial charge on any atom is 0.147 e. The van der Waals surface area contributed by atoms with Crippen LogP contribution in [-0.2, 0) is 0 Å². The van der Waals surface area contributed by atoms with Crippen molar-refractivity contribution < 1.29 is 0 Å². The van der Waals surface area contributed by atoms with Crippen molar-refractivity contribution in [1.82, 2.24) is 4.98 Å². The van der Waals surface area contributed by atoms with Gasteiger partial charge in [0.2, 0.25) is 0 Å². The van der Waals surface area contributed by atoms with E-state index < -0.39 is 0 Å². The van der Waals surface area contributed by atoms with Gasteiger partial charge in [-0.2, -0.15) is 0 Å². The van der Waals surface area contributed by atoms with E-state index in [2.05, 4.69) is 4.98 Å². The van der Waals surface area contributed by atoms with E-state index in [1.54, 1.807) is 12.3 Å². The second kappa shape index (κ2) is 5.48. The predicted molar refractivity (Wildman–Crippen MR) is 58.6 cm³/mol. The first kappa shape index (κ1) is 10.8. The van der Waals surface area contributed by atoms with Crippen LogP contribution in [0.2, 0.25) is 10.2 Å². The molecule has 0 amide bonds. The summed E-state index contributed by atoms with van der Waals surface area (Å²) in [6, 6.07) is 1.77. The molecule has 0 aliphatic heterocycles. The monoisotopic (exact) mass is 235 g/mol. The zero-order valence-electron chi connectivity index (χ0n) is 6.80.